The summed E-state index contributed by atoms with van der Waals surface area (Å²) in [5.41, 5.74) is -0.777. The van der Waals surface area contributed by atoms with Crippen molar-refractivity contribution in [2.45, 2.75) is 57.7 Å². The van der Waals surface area contributed by atoms with Crippen molar-refractivity contribution < 1.29 is 14.3 Å². The molecule has 1 aliphatic carbocycles. The van der Waals surface area contributed by atoms with Crippen molar-refractivity contribution >= 4 is 5.97 Å². The van der Waals surface area contributed by atoms with Gasteiger partial charge < -0.3 is 9.47 Å². The molecule has 0 aromatic rings. The maximum absolute atomic E-state index is 11.9. The summed E-state index contributed by atoms with van der Waals surface area (Å²) in [5, 5.41) is 0. The number of esters is 1. The molecule has 86 valence electrons. The molecule has 0 amide bonds. The van der Waals surface area contributed by atoms with Crippen LogP contribution in [0.15, 0.2) is 0 Å². The van der Waals surface area contributed by atoms with Crippen LogP contribution in [-0.2, 0) is 14.3 Å². The van der Waals surface area contributed by atoms with Crippen LogP contribution in [0.1, 0.15) is 46.5 Å². The number of hydrogen-bond acceptors (Lipinski definition) is 3. The van der Waals surface area contributed by atoms with Gasteiger partial charge in [-0.1, -0.05) is 13.8 Å². The molecule has 3 nitrogen and oxygen atoms in total. The minimum Gasteiger partial charge on any atom is -0.464 e. The van der Waals surface area contributed by atoms with E-state index in [1.165, 1.54) is 6.42 Å². The van der Waals surface area contributed by atoms with Crippen LogP contribution < -0.4 is 0 Å². The second-order valence-electron chi connectivity index (χ2n) is 4.85. The third kappa shape index (κ3) is 1.40. The fourth-order valence-corrected chi connectivity index (χ4v) is 3.03. The Hall–Kier alpha value is -0.570. The molecule has 3 unspecified atom stereocenters. The number of carbonyl (C=O) groups excluding carboxylic acids is 1. The fraction of sp³-hybridized carbons (Fsp3) is 0.917. The van der Waals surface area contributed by atoms with Gasteiger partial charge in [0.2, 0.25) is 0 Å². The van der Waals surface area contributed by atoms with E-state index in [0.29, 0.717) is 12.5 Å². The third-order valence-corrected chi connectivity index (χ3v) is 3.89. The minimum absolute atomic E-state index is 0.151. The van der Waals surface area contributed by atoms with Gasteiger partial charge in [-0.25, -0.2) is 4.79 Å². The highest BCUT2D eigenvalue weighted by Crippen LogP contribution is 2.61. The predicted octanol–water partition coefficient (Wildman–Crippen LogP) is 2.29. The summed E-state index contributed by atoms with van der Waals surface area (Å²) in [6, 6.07) is 0. The van der Waals surface area contributed by atoms with Crippen LogP contribution in [0.4, 0.5) is 0 Å². The Morgan fingerprint density at radius 3 is 2.73 bits per heavy atom. The molecule has 0 radical (unpaired) electrons. The largest absolute Gasteiger partial charge is 0.464 e. The van der Waals surface area contributed by atoms with Gasteiger partial charge in [0.25, 0.3) is 0 Å². The van der Waals surface area contributed by atoms with Crippen LogP contribution in [0, 0.1) is 5.92 Å². The quantitative estimate of drug-likeness (QED) is 0.532. The smallest absolute Gasteiger partial charge is 0.341 e. The van der Waals surface area contributed by atoms with Crippen LogP contribution in [0.5, 0.6) is 0 Å². The van der Waals surface area contributed by atoms with Crippen molar-refractivity contribution in [1.82, 2.24) is 0 Å². The molecule has 2 fully saturated rings. The first-order valence-corrected chi connectivity index (χ1v) is 5.97. The number of hydrogen-bond donors (Lipinski definition) is 0. The lowest BCUT2D eigenvalue weighted by Gasteiger charge is -2.13. The zero-order valence-corrected chi connectivity index (χ0v) is 9.84. The molecule has 2 aliphatic rings. The fourth-order valence-electron chi connectivity index (χ4n) is 3.03. The second kappa shape index (κ2) is 3.48. The van der Waals surface area contributed by atoms with Crippen molar-refractivity contribution in [2.24, 2.45) is 5.92 Å². The van der Waals surface area contributed by atoms with E-state index < -0.39 is 5.60 Å². The van der Waals surface area contributed by atoms with Gasteiger partial charge in [-0.3, -0.25) is 0 Å². The van der Waals surface area contributed by atoms with Crippen LogP contribution in [0.2, 0.25) is 0 Å². The molecule has 1 saturated heterocycles. The molecule has 1 aliphatic heterocycles. The summed E-state index contributed by atoms with van der Waals surface area (Å²) in [5.74, 6) is 0.523. The number of carbonyl (C=O) groups is 1. The zero-order chi connectivity index (χ0) is 11.1. The third-order valence-electron chi connectivity index (χ3n) is 3.89. The summed E-state index contributed by atoms with van der Waals surface area (Å²) in [6.07, 6.45) is 3.93. The van der Waals surface area contributed by atoms with E-state index in [4.69, 9.17) is 9.47 Å². The maximum atomic E-state index is 11.9. The van der Waals surface area contributed by atoms with E-state index in [9.17, 15) is 4.79 Å². The first-order valence-electron chi connectivity index (χ1n) is 5.97. The van der Waals surface area contributed by atoms with E-state index in [1.807, 2.05) is 13.8 Å². The summed E-state index contributed by atoms with van der Waals surface area (Å²) in [6.45, 7) is 6.51. The molecule has 3 heteroatoms. The van der Waals surface area contributed by atoms with Gasteiger partial charge in [-0.05, 0) is 38.5 Å². The van der Waals surface area contributed by atoms with E-state index in [-0.39, 0.29) is 11.6 Å². The Morgan fingerprint density at radius 1 is 1.53 bits per heavy atom. The molecular weight excluding hydrogens is 192 g/mol. The molecule has 2 rings (SSSR count). The monoisotopic (exact) mass is 212 g/mol. The Morgan fingerprint density at radius 2 is 2.27 bits per heavy atom. The summed E-state index contributed by atoms with van der Waals surface area (Å²) < 4.78 is 10.9. The highest BCUT2D eigenvalue weighted by molar-refractivity contribution is 5.85. The first-order chi connectivity index (χ1) is 7.10. The molecule has 0 aromatic carbocycles. The molecule has 3 atom stereocenters. The molecule has 1 heterocycles. The molecular formula is C12H20O3. The maximum Gasteiger partial charge on any atom is 0.341 e. The van der Waals surface area contributed by atoms with Gasteiger partial charge in [0.1, 0.15) is 5.60 Å². The van der Waals surface area contributed by atoms with Crippen LogP contribution in [0.25, 0.3) is 0 Å². The van der Waals surface area contributed by atoms with Gasteiger partial charge >= 0.3 is 5.97 Å². The van der Waals surface area contributed by atoms with E-state index >= 15 is 0 Å². The van der Waals surface area contributed by atoms with Crippen molar-refractivity contribution in [3.63, 3.8) is 0 Å². The van der Waals surface area contributed by atoms with Gasteiger partial charge in [0.05, 0.1) is 6.61 Å². The number of epoxide rings is 1. The topological polar surface area (TPSA) is 38.8 Å². The average molecular weight is 212 g/mol. The molecule has 0 aromatic heterocycles. The molecule has 15 heavy (non-hydrogen) atoms. The molecule has 0 bridgehead atoms. The Kier molecular flexibility index (Phi) is 2.53. The highest BCUT2D eigenvalue weighted by atomic mass is 16.7. The standard InChI is InChI=1S/C12H20O3/c1-4-12(10(13)14-5-2)11(15-12)7-6-9(3)8-11/h9H,4-8H2,1-3H3. The number of rotatable bonds is 3. The summed E-state index contributed by atoms with van der Waals surface area (Å²) in [4.78, 5) is 11.9. The lowest BCUT2D eigenvalue weighted by atomic mass is 9.88. The van der Waals surface area contributed by atoms with Crippen LogP contribution in [0.3, 0.4) is 0 Å². The average Bonchev–Trinajstić information content (AvgIpc) is 2.69. The Balaban J connectivity index is 2.11. The van der Waals surface area contributed by atoms with Gasteiger partial charge in [0.15, 0.2) is 5.60 Å². The normalized spacial score (nSPS) is 43.3. The van der Waals surface area contributed by atoms with Gasteiger partial charge in [-0.2, -0.15) is 0 Å². The Bertz CT molecular complexity index is 276. The van der Waals surface area contributed by atoms with E-state index in [1.54, 1.807) is 0 Å². The van der Waals surface area contributed by atoms with Crippen molar-refractivity contribution in [2.75, 3.05) is 6.61 Å². The van der Waals surface area contributed by atoms with Crippen LogP contribution >= 0.6 is 0 Å². The predicted molar refractivity (Wildman–Crippen MR) is 56.5 cm³/mol. The Labute approximate surface area is 91.1 Å². The SMILES string of the molecule is CCOC(=O)C1(CC)OC12CCC(C)C2. The lowest BCUT2D eigenvalue weighted by Crippen LogP contribution is -2.34. The van der Waals surface area contributed by atoms with Crippen molar-refractivity contribution in [1.29, 1.82) is 0 Å². The minimum atomic E-state index is -0.603. The lowest BCUT2D eigenvalue weighted by molar-refractivity contribution is -0.149. The first kappa shape index (κ1) is 10.9. The summed E-state index contributed by atoms with van der Waals surface area (Å²) in [7, 11) is 0. The van der Waals surface area contributed by atoms with E-state index in [2.05, 4.69) is 6.92 Å². The summed E-state index contributed by atoms with van der Waals surface area (Å²) >= 11 is 0. The second-order valence-corrected chi connectivity index (χ2v) is 4.85. The molecule has 1 saturated carbocycles. The van der Waals surface area contributed by atoms with Crippen LogP contribution in [-0.4, -0.2) is 23.8 Å². The van der Waals surface area contributed by atoms with Gasteiger partial charge in [0, 0.05) is 0 Å². The van der Waals surface area contributed by atoms with E-state index in [0.717, 1.165) is 19.3 Å². The molecule has 0 N–H and O–H groups in total. The van der Waals surface area contributed by atoms with Crippen molar-refractivity contribution in [3.8, 4) is 0 Å². The molecule has 1 spiro atoms. The van der Waals surface area contributed by atoms with Gasteiger partial charge in [-0.15, -0.1) is 0 Å². The number of ether oxygens (including phenoxy) is 2. The van der Waals surface area contributed by atoms with Crippen molar-refractivity contribution in [3.05, 3.63) is 0 Å². The zero-order valence-electron chi connectivity index (χ0n) is 9.84. The highest BCUT2D eigenvalue weighted by Gasteiger charge is 2.75.